The van der Waals surface area contributed by atoms with Crippen LogP contribution in [0.1, 0.15) is 48.7 Å². The molecule has 0 unspecified atom stereocenters. The van der Waals surface area contributed by atoms with E-state index in [9.17, 15) is 4.79 Å². The van der Waals surface area contributed by atoms with Crippen molar-refractivity contribution in [3.05, 3.63) is 22.5 Å². The fourth-order valence-corrected chi connectivity index (χ4v) is 3.88. The lowest BCUT2D eigenvalue weighted by Gasteiger charge is -2.20. The van der Waals surface area contributed by atoms with E-state index < -0.39 is 0 Å². The van der Waals surface area contributed by atoms with Crippen LogP contribution >= 0.6 is 0 Å². The predicted octanol–water partition coefficient (Wildman–Crippen LogP) is 2.51. The Morgan fingerprint density at radius 2 is 2.12 bits per heavy atom. The van der Waals surface area contributed by atoms with E-state index in [0.717, 1.165) is 47.4 Å². The van der Waals surface area contributed by atoms with Crippen LogP contribution in [-0.4, -0.2) is 39.4 Å². The standard InChI is InChI=1S/C19H28N4O2/c1-11-15(12(2)21-19-18(11)14(4)22-23(19)5)8-9-17(24)20-13(3)16-7-6-10-25-16/h13,16H,6-10H2,1-5H3,(H,20,24)/t13-,16+/m1/s1. The highest BCUT2D eigenvalue weighted by atomic mass is 16.5. The van der Waals surface area contributed by atoms with Crippen LogP contribution in [0.15, 0.2) is 0 Å². The molecule has 2 aromatic rings. The van der Waals surface area contributed by atoms with Gasteiger partial charge in [-0.3, -0.25) is 9.48 Å². The number of ether oxygens (including phenoxy) is 1. The average molecular weight is 344 g/mol. The number of carbonyl (C=O) groups is 1. The van der Waals surface area contributed by atoms with Crippen LogP contribution in [0.4, 0.5) is 0 Å². The van der Waals surface area contributed by atoms with Crippen molar-refractivity contribution in [3.8, 4) is 0 Å². The van der Waals surface area contributed by atoms with Gasteiger partial charge in [0.15, 0.2) is 5.65 Å². The fraction of sp³-hybridized carbons (Fsp3) is 0.632. The minimum Gasteiger partial charge on any atom is -0.376 e. The molecular formula is C19H28N4O2. The summed E-state index contributed by atoms with van der Waals surface area (Å²) < 4.78 is 7.47. The van der Waals surface area contributed by atoms with Gasteiger partial charge >= 0.3 is 0 Å². The molecule has 0 aromatic carbocycles. The lowest BCUT2D eigenvalue weighted by atomic mass is 9.99. The summed E-state index contributed by atoms with van der Waals surface area (Å²) in [4.78, 5) is 17.0. The number of rotatable bonds is 5. The van der Waals surface area contributed by atoms with Crippen LogP contribution in [0.5, 0.6) is 0 Å². The molecule has 0 saturated carbocycles. The lowest BCUT2D eigenvalue weighted by molar-refractivity contribution is -0.122. The maximum atomic E-state index is 12.3. The highest BCUT2D eigenvalue weighted by molar-refractivity contribution is 5.84. The topological polar surface area (TPSA) is 69.0 Å². The predicted molar refractivity (Wildman–Crippen MR) is 97.6 cm³/mol. The van der Waals surface area contributed by atoms with Crippen molar-refractivity contribution in [1.29, 1.82) is 0 Å². The first-order valence-corrected chi connectivity index (χ1v) is 9.08. The van der Waals surface area contributed by atoms with Crippen LogP contribution < -0.4 is 5.32 Å². The van der Waals surface area contributed by atoms with Gasteiger partial charge in [-0.05, 0) is 58.1 Å². The third kappa shape index (κ3) is 3.54. The van der Waals surface area contributed by atoms with Crippen molar-refractivity contribution >= 4 is 16.9 Å². The number of aromatic nitrogens is 3. The molecule has 2 aromatic heterocycles. The van der Waals surface area contributed by atoms with Crippen molar-refractivity contribution in [2.24, 2.45) is 7.05 Å². The van der Waals surface area contributed by atoms with E-state index in [1.165, 1.54) is 5.56 Å². The van der Waals surface area contributed by atoms with E-state index >= 15 is 0 Å². The van der Waals surface area contributed by atoms with E-state index in [1.807, 2.05) is 32.5 Å². The van der Waals surface area contributed by atoms with E-state index in [1.54, 1.807) is 0 Å². The molecule has 2 atom stereocenters. The molecule has 6 nitrogen and oxygen atoms in total. The van der Waals surface area contributed by atoms with Gasteiger partial charge in [0.1, 0.15) is 0 Å². The number of amides is 1. The normalized spacial score (nSPS) is 18.7. The van der Waals surface area contributed by atoms with Gasteiger partial charge < -0.3 is 10.1 Å². The molecule has 1 aliphatic rings. The molecule has 3 rings (SSSR count). The molecule has 6 heteroatoms. The van der Waals surface area contributed by atoms with Crippen molar-refractivity contribution in [2.45, 2.75) is 65.5 Å². The van der Waals surface area contributed by atoms with E-state index in [0.29, 0.717) is 12.8 Å². The van der Waals surface area contributed by atoms with Gasteiger partial charge in [-0.2, -0.15) is 5.10 Å². The second-order valence-corrected chi connectivity index (χ2v) is 7.12. The van der Waals surface area contributed by atoms with Crippen LogP contribution in [0, 0.1) is 20.8 Å². The monoisotopic (exact) mass is 344 g/mol. The number of carbonyl (C=O) groups excluding carboxylic acids is 1. The second-order valence-electron chi connectivity index (χ2n) is 7.12. The smallest absolute Gasteiger partial charge is 0.220 e. The first-order chi connectivity index (χ1) is 11.9. The van der Waals surface area contributed by atoms with Crippen molar-refractivity contribution in [2.75, 3.05) is 6.61 Å². The van der Waals surface area contributed by atoms with E-state index in [-0.39, 0.29) is 18.1 Å². The molecule has 0 spiro atoms. The highest BCUT2D eigenvalue weighted by Gasteiger charge is 2.23. The minimum atomic E-state index is 0.0679. The number of hydrogen-bond acceptors (Lipinski definition) is 4. The van der Waals surface area contributed by atoms with Crippen molar-refractivity contribution in [3.63, 3.8) is 0 Å². The maximum absolute atomic E-state index is 12.3. The first-order valence-electron chi connectivity index (χ1n) is 9.08. The summed E-state index contributed by atoms with van der Waals surface area (Å²) in [7, 11) is 1.92. The zero-order valence-electron chi connectivity index (χ0n) is 15.8. The number of fused-ring (bicyclic) bond motifs is 1. The summed E-state index contributed by atoms with van der Waals surface area (Å²) in [6, 6.07) is 0.0679. The fourth-order valence-electron chi connectivity index (χ4n) is 3.88. The maximum Gasteiger partial charge on any atom is 0.220 e. The summed E-state index contributed by atoms with van der Waals surface area (Å²) in [5.41, 5.74) is 5.22. The van der Waals surface area contributed by atoms with E-state index in [2.05, 4.69) is 17.3 Å². The first kappa shape index (κ1) is 17.9. The van der Waals surface area contributed by atoms with Gasteiger partial charge in [-0.15, -0.1) is 0 Å². The van der Waals surface area contributed by atoms with E-state index in [4.69, 9.17) is 9.72 Å². The summed E-state index contributed by atoms with van der Waals surface area (Å²) in [6.07, 6.45) is 3.42. The Morgan fingerprint density at radius 3 is 2.80 bits per heavy atom. The summed E-state index contributed by atoms with van der Waals surface area (Å²) >= 11 is 0. The van der Waals surface area contributed by atoms with Gasteiger partial charge in [0, 0.05) is 31.2 Å². The summed E-state index contributed by atoms with van der Waals surface area (Å²) in [5.74, 6) is 0.0739. The SMILES string of the molecule is Cc1nc2c(c(C)nn2C)c(C)c1CCC(=O)N[C@H](C)[C@@H]1CCCO1. The van der Waals surface area contributed by atoms with Crippen LogP contribution in [0.3, 0.4) is 0 Å². The summed E-state index contributed by atoms with van der Waals surface area (Å²) in [5, 5.41) is 8.66. The van der Waals surface area contributed by atoms with Crippen LogP contribution in [0.25, 0.3) is 11.0 Å². The number of nitrogens with zero attached hydrogens (tertiary/aromatic N) is 3. The molecule has 0 aliphatic carbocycles. The van der Waals surface area contributed by atoms with Gasteiger partial charge in [-0.1, -0.05) is 0 Å². The lowest BCUT2D eigenvalue weighted by Crippen LogP contribution is -2.40. The molecule has 1 saturated heterocycles. The highest BCUT2D eigenvalue weighted by Crippen LogP contribution is 2.26. The molecule has 0 radical (unpaired) electrons. The largest absolute Gasteiger partial charge is 0.376 e. The van der Waals surface area contributed by atoms with Crippen molar-refractivity contribution < 1.29 is 9.53 Å². The van der Waals surface area contributed by atoms with Gasteiger partial charge in [-0.25, -0.2) is 4.98 Å². The molecule has 1 aliphatic heterocycles. The second kappa shape index (κ2) is 7.12. The molecule has 1 amide bonds. The van der Waals surface area contributed by atoms with Crippen molar-refractivity contribution in [1.82, 2.24) is 20.1 Å². The number of pyridine rings is 1. The zero-order valence-corrected chi connectivity index (χ0v) is 15.8. The zero-order chi connectivity index (χ0) is 18.1. The molecule has 0 bridgehead atoms. The molecule has 1 fully saturated rings. The summed E-state index contributed by atoms with van der Waals surface area (Å²) in [6.45, 7) is 8.95. The van der Waals surface area contributed by atoms with Crippen LogP contribution in [0.2, 0.25) is 0 Å². The number of nitrogens with one attached hydrogen (secondary N) is 1. The Bertz CT molecular complexity index is 791. The quantitative estimate of drug-likeness (QED) is 0.905. The third-order valence-corrected chi connectivity index (χ3v) is 5.24. The molecule has 3 heterocycles. The van der Waals surface area contributed by atoms with Crippen LogP contribution in [-0.2, 0) is 23.0 Å². The number of hydrogen-bond donors (Lipinski definition) is 1. The van der Waals surface area contributed by atoms with Gasteiger partial charge in [0.25, 0.3) is 0 Å². The van der Waals surface area contributed by atoms with Gasteiger partial charge in [0.2, 0.25) is 5.91 Å². The Morgan fingerprint density at radius 1 is 1.36 bits per heavy atom. The van der Waals surface area contributed by atoms with Gasteiger partial charge in [0.05, 0.1) is 17.8 Å². The molecular weight excluding hydrogens is 316 g/mol. The minimum absolute atomic E-state index is 0.0679. The average Bonchev–Trinajstić information content (AvgIpc) is 3.16. The Kier molecular flexibility index (Phi) is 5.08. The Labute approximate surface area is 149 Å². The molecule has 136 valence electrons. The Hall–Kier alpha value is -1.95. The number of aryl methyl sites for hydroxylation is 4. The molecule has 25 heavy (non-hydrogen) atoms. The molecule has 1 N–H and O–H groups in total. The Balaban J connectivity index is 1.70. The third-order valence-electron chi connectivity index (χ3n) is 5.24.